The van der Waals surface area contributed by atoms with Gasteiger partial charge in [0.05, 0.1) is 5.41 Å². The molecule has 3 aromatic rings. The van der Waals surface area contributed by atoms with Crippen molar-refractivity contribution in [2.45, 2.75) is 44.4 Å². The van der Waals surface area contributed by atoms with Crippen LogP contribution in [0.3, 0.4) is 0 Å². The summed E-state index contributed by atoms with van der Waals surface area (Å²) in [6.45, 7) is 0. The van der Waals surface area contributed by atoms with Crippen LogP contribution in [0.25, 0.3) is 11.4 Å². The average Bonchev–Trinajstić information content (AvgIpc) is 3.24. The smallest absolute Gasteiger partial charge is 0.224 e. The Morgan fingerprint density at radius 1 is 1.00 bits per heavy atom. The van der Waals surface area contributed by atoms with E-state index in [4.69, 9.17) is 10.7 Å². The van der Waals surface area contributed by atoms with E-state index in [1.54, 1.807) is 0 Å². The topological polar surface area (TPSA) is 84.7 Å². The SMILES string of the molecule is NC(=O)C1([C@H](Cc2ccccc2)c2nc(-c3ccccc3)n[nH]2)CCCCC1. The fourth-order valence-electron chi connectivity index (χ4n) is 4.50. The van der Waals surface area contributed by atoms with E-state index >= 15 is 0 Å². The van der Waals surface area contributed by atoms with Crippen LogP contribution in [0.4, 0.5) is 0 Å². The molecule has 0 radical (unpaired) electrons. The number of nitrogens with two attached hydrogens (primary N) is 1. The van der Waals surface area contributed by atoms with Gasteiger partial charge in [-0.3, -0.25) is 9.89 Å². The van der Waals surface area contributed by atoms with Gasteiger partial charge in [-0.25, -0.2) is 4.98 Å². The molecule has 0 unspecified atom stereocenters. The fourth-order valence-corrected chi connectivity index (χ4v) is 4.50. The highest BCUT2D eigenvalue weighted by molar-refractivity contribution is 5.82. The third-order valence-corrected chi connectivity index (χ3v) is 6.05. The van der Waals surface area contributed by atoms with Crippen LogP contribution < -0.4 is 5.73 Å². The monoisotopic (exact) mass is 374 g/mol. The van der Waals surface area contributed by atoms with Gasteiger partial charge in [-0.15, -0.1) is 0 Å². The third kappa shape index (κ3) is 3.57. The summed E-state index contributed by atoms with van der Waals surface area (Å²) in [5, 5.41) is 7.58. The number of H-pyrrole nitrogens is 1. The summed E-state index contributed by atoms with van der Waals surface area (Å²) >= 11 is 0. The van der Waals surface area contributed by atoms with Crippen molar-refractivity contribution in [3.05, 3.63) is 72.1 Å². The van der Waals surface area contributed by atoms with Gasteiger partial charge in [-0.1, -0.05) is 79.9 Å². The largest absolute Gasteiger partial charge is 0.369 e. The van der Waals surface area contributed by atoms with Gasteiger partial charge in [0.15, 0.2) is 5.82 Å². The number of aromatic nitrogens is 3. The van der Waals surface area contributed by atoms with Gasteiger partial charge in [0.1, 0.15) is 5.82 Å². The molecule has 5 heteroatoms. The molecule has 0 saturated heterocycles. The van der Waals surface area contributed by atoms with Crippen molar-refractivity contribution in [3.8, 4) is 11.4 Å². The molecule has 0 spiro atoms. The molecule has 1 aliphatic carbocycles. The number of benzene rings is 2. The zero-order chi connectivity index (χ0) is 19.4. The van der Waals surface area contributed by atoms with E-state index in [0.717, 1.165) is 43.5 Å². The summed E-state index contributed by atoms with van der Waals surface area (Å²) in [5.41, 5.74) is 7.56. The maximum Gasteiger partial charge on any atom is 0.224 e. The Balaban J connectivity index is 1.75. The van der Waals surface area contributed by atoms with E-state index in [1.807, 2.05) is 48.5 Å². The average molecular weight is 374 g/mol. The number of aromatic amines is 1. The van der Waals surface area contributed by atoms with Crippen LogP contribution in [0.15, 0.2) is 60.7 Å². The Hall–Kier alpha value is -2.95. The quantitative estimate of drug-likeness (QED) is 0.677. The van der Waals surface area contributed by atoms with Gasteiger partial charge in [0.25, 0.3) is 0 Å². The lowest BCUT2D eigenvalue weighted by atomic mass is 9.63. The molecule has 2 aromatic carbocycles. The molecule has 3 N–H and O–H groups in total. The van der Waals surface area contributed by atoms with Gasteiger partial charge in [0, 0.05) is 11.5 Å². The molecule has 1 saturated carbocycles. The van der Waals surface area contributed by atoms with Crippen LogP contribution >= 0.6 is 0 Å². The van der Waals surface area contributed by atoms with Crippen LogP contribution in [-0.2, 0) is 11.2 Å². The third-order valence-electron chi connectivity index (χ3n) is 6.05. The van der Waals surface area contributed by atoms with Crippen molar-refractivity contribution in [1.82, 2.24) is 15.2 Å². The van der Waals surface area contributed by atoms with Gasteiger partial charge >= 0.3 is 0 Å². The van der Waals surface area contributed by atoms with E-state index in [1.165, 1.54) is 5.56 Å². The van der Waals surface area contributed by atoms with Gasteiger partial charge in [-0.2, -0.15) is 5.10 Å². The van der Waals surface area contributed by atoms with Gasteiger partial charge in [-0.05, 0) is 24.8 Å². The second-order valence-electron chi connectivity index (χ2n) is 7.73. The molecule has 0 bridgehead atoms. The van der Waals surface area contributed by atoms with Gasteiger partial charge < -0.3 is 5.73 Å². The van der Waals surface area contributed by atoms with Crippen molar-refractivity contribution >= 4 is 5.91 Å². The normalized spacial score (nSPS) is 17.1. The Bertz CT molecular complexity index is 914. The number of carbonyl (C=O) groups excluding carboxylic acids is 1. The summed E-state index contributed by atoms with van der Waals surface area (Å²) < 4.78 is 0. The first-order valence-corrected chi connectivity index (χ1v) is 10.0. The molecule has 0 aliphatic heterocycles. The molecular formula is C23H26N4O. The maximum atomic E-state index is 12.7. The molecule has 1 fully saturated rings. The molecule has 1 aromatic heterocycles. The van der Waals surface area contributed by atoms with Crippen molar-refractivity contribution in [3.63, 3.8) is 0 Å². The molecule has 1 amide bonds. The summed E-state index contributed by atoms with van der Waals surface area (Å²) in [6.07, 6.45) is 5.52. The number of primary amides is 1. The molecule has 144 valence electrons. The van der Waals surface area contributed by atoms with Crippen molar-refractivity contribution in [2.75, 3.05) is 0 Å². The minimum absolute atomic E-state index is 0.113. The first kappa shape index (κ1) is 18.4. The van der Waals surface area contributed by atoms with Crippen LogP contribution in [0, 0.1) is 5.41 Å². The summed E-state index contributed by atoms with van der Waals surface area (Å²) in [6, 6.07) is 20.1. The molecule has 4 rings (SSSR count). The van der Waals surface area contributed by atoms with E-state index < -0.39 is 5.41 Å². The highest BCUT2D eigenvalue weighted by Crippen LogP contribution is 2.48. The highest BCUT2D eigenvalue weighted by Gasteiger charge is 2.47. The number of hydrogen-bond acceptors (Lipinski definition) is 3. The minimum atomic E-state index is -0.582. The molecular weight excluding hydrogens is 348 g/mol. The van der Waals surface area contributed by atoms with Crippen molar-refractivity contribution < 1.29 is 4.79 Å². The number of rotatable bonds is 6. The summed E-state index contributed by atoms with van der Waals surface area (Å²) in [5.74, 6) is 1.08. The number of carbonyl (C=O) groups is 1. The van der Waals surface area contributed by atoms with Crippen molar-refractivity contribution in [1.29, 1.82) is 0 Å². The number of nitrogens with zero attached hydrogens (tertiary/aromatic N) is 2. The molecule has 28 heavy (non-hydrogen) atoms. The van der Waals surface area contributed by atoms with E-state index in [2.05, 4.69) is 22.3 Å². The van der Waals surface area contributed by atoms with Crippen LogP contribution in [0.1, 0.15) is 49.4 Å². The second kappa shape index (κ2) is 7.97. The molecule has 5 nitrogen and oxygen atoms in total. The lowest BCUT2D eigenvalue weighted by Gasteiger charge is -2.40. The first-order valence-electron chi connectivity index (χ1n) is 10.0. The Kier molecular flexibility index (Phi) is 5.24. The number of amides is 1. The lowest BCUT2D eigenvalue weighted by molar-refractivity contribution is -0.131. The zero-order valence-electron chi connectivity index (χ0n) is 16.0. The summed E-state index contributed by atoms with van der Waals surface area (Å²) in [4.78, 5) is 17.5. The standard InChI is InChI=1S/C23H26N4O/c24-22(28)23(14-8-3-9-15-23)19(16-17-10-4-1-5-11-17)21-25-20(26-27-21)18-12-6-2-7-13-18/h1-2,4-7,10-13,19H,3,8-9,14-16H2,(H2,24,28)(H,25,26,27)/t19-/m1/s1. The lowest BCUT2D eigenvalue weighted by Crippen LogP contribution is -2.44. The van der Waals surface area contributed by atoms with Crippen LogP contribution in [-0.4, -0.2) is 21.1 Å². The Labute approximate surface area is 165 Å². The van der Waals surface area contributed by atoms with E-state index in [0.29, 0.717) is 12.2 Å². The molecule has 1 atom stereocenters. The maximum absolute atomic E-state index is 12.7. The predicted octanol–water partition coefficient (Wildman–Crippen LogP) is 4.23. The van der Waals surface area contributed by atoms with Gasteiger partial charge in [0.2, 0.25) is 5.91 Å². The molecule has 1 aliphatic rings. The van der Waals surface area contributed by atoms with E-state index in [9.17, 15) is 4.79 Å². The fraction of sp³-hybridized carbons (Fsp3) is 0.348. The van der Waals surface area contributed by atoms with Crippen molar-refractivity contribution in [2.24, 2.45) is 11.1 Å². The minimum Gasteiger partial charge on any atom is -0.369 e. The van der Waals surface area contributed by atoms with E-state index in [-0.39, 0.29) is 11.8 Å². The molecule has 1 heterocycles. The second-order valence-corrected chi connectivity index (χ2v) is 7.73. The van der Waals surface area contributed by atoms with Crippen LogP contribution in [0.5, 0.6) is 0 Å². The first-order chi connectivity index (χ1) is 13.7. The number of nitrogens with one attached hydrogen (secondary N) is 1. The Morgan fingerprint density at radius 3 is 2.29 bits per heavy atom. The highest BCUT2D eigenvalue weighted by atomic mass is 16.1. The Morgan fingerprint density at radius 2 is 1.64 bits per heavy atom. The summed E-state index contributed by atoms with van der Waals surface area (Å²) in [7, 11) is 0. The predicted molar refractivity (Wildman–Crippen MR) is 109 cm³/mol. The van der Waals surface area contributed by atoms with Crippen LogP contribution in [0.2, 0.25) is 0 Å². The zero-order valence-corrected chi connectivity index (χ0v) is 16.0. The number of hydrogen-bond donors (Lipinski definition) is 2.